The molecule has 1 unspecified atom stereocenters. The van der Waals surface area contributed by atoms with Gasteiger partial charge in [0.2, 0.25) is 5.91 Å². The Bertz CT molecular complexity index is 826. The molecule has 6 nitrogen and oxygen atoms in total. The van der Waals surface area contributed by atoms with E-state index >= 15 is 0 Å². The molecular weight excluding hydrogens is 348 g/mol. The van der Waals surface area contributed by atoms with E-state index in [1.807, 2.05) is 40.4 Å². The number of carbonyl (C=O) groups is 1. The van der Waals surface area contributed by atoms with Crippen LogP contribution in [0.2, 0.25) is 0 Å². The summed E-state index contributed by atoms with van der Waals surface area (Å²) in [5, 5.41) is 5.08. The van der Waals surface area contributed by atoms with Gasteiger partial charge in [0, 0.05) is 37.4 Å². The molecule has 1 amide bonds. The summed E-state index contributed by atoms with van der Waals surface area (Å²) in [7, 11) is 0. The number of hydrogen-bond acceptors (Lipinski definition) is 5. The Morgan fingerprint density at radius 2 is 2.08 bits per heavy atom. The number of thiazole rings is 1. The molecule has 1 atom stereocenters. The normalized spacial score (nSPS) is 16.6. The molecule has 136 valence electrons. The van der Waals surface area contributed by atoms with Crippen molar-refractivity contribution in [3.63, 3.8) is 0 Å². The van der Waals surface area contributed by atoms with Crippen LogP contribution in [0.3, 0.4) is 0 Å². The number of ether oxygens (including phenoxy) is 1. The Hall–Kier alpha value is -2.22. The van der Waals surface area contributed by atoms with Gasteiger partial charge in [0.15, 0.2) is 4.96 Å². The lowest BCUT2D eigenvalue weighted by Crippen LogP contribution is -2.44. The molecule has 1 aliphatic heterocycles. The molecule has 0 aliphatic carbocycles. The fourth-order valence-electron chi connectivity index (χ4n) is 3.32. The Morgan fingerprint density at radius 3 is 2.85 bits per heavy atom. The maximum Gasteiger partial charge on any atom is 0.226 e. The molecule has 0 spiro atoms. The van der Waals surface area contributed by atoms with E-state index in [-0.39, 0.29) is 11.9 Å². The number of nitrogens with zero attached hydrogens (tertiary/aromatic N) is 3. The van der Waals surface area contributed by atoms with Gasteiger partial charge in [0.1, 0.15) is 0 Å². The smallest absolute Gasteiger partial charge is 0.226 e. The lowest BCUT2D eigenvalue weighted by Gasteiger charge is -2.34. The number of fused-ring (bicyclic) bond motifs is 1. The van der Waals surface area contributed by atoms with E-state index in [1.54, 1.807) is 11.3 Å². The van der Waals surface area contributed by atoms with Gasteiger partial charge in [0.05, 0.1) is 31.4 Å². The third-order valence-corrected chi connectivity index (χ3v) is 5.42. The molecule has 1 aromatic carbocycles. The maximum absolute atomic E-state index is 12.4. The van der Waals surface area contributed by atoms with Gasteiger partial charge in [-0.3, -0.25) is 14.1 Å². The Balaban J connectivity index is 1.40. The molecule has 3 aromatic rings. The first-order valence-corrected chi connectivity index (χ1v) is 9.72. The van der Waals surface area contributed by atoms with Gasteiger partial charge in [-0.15, -0.1) is 11.3 Å². The van der Waals surface area contributed by atoms with Crippen LogP contribution < -0.4 is 5.32 Å². The van der Waals surface area contributed by atoms with Crippen LogP contribution >= 0.6 is 11.3 Å². The number of morpholine rings is 1. The fraction of sp³-hybridized carbons (Fsp3) is 0.368. The van der Waals surface area contributed by atoms with E-state index in [2.05, 4.69) is 27.3 Å². The minimum atomic E-state index is 0.00458. The van der Waals surface area contributed by atoms with Crippen molar-refractivity contribution in [2.45, 2.75) is 12.5 Å². The van der Waals surface area contributed by atoms with Crippen molar-refractivity contribution in [3.8, 4) is 0 Å². The van der Waals surface area contributed by atoms with Gasteiger partial charge in [-0.1, -0.05) is 30.3 Å². The molecule has 1 N–H and O–H groups in total. The molecule has 7 heteroatoms. The molecule has 0 radical (unpaired) electrons. The summed E-state index contributed by atoms with van der Waals surface area (Å²) in [6.45, 7) is 3.83. The summed E-state index contributed by atoms with van der Waals surface area (Å²) in [5.74, 6) is 0.00458. The number of nitrogens with one attached hydrogen (secondary N) is 1. The number of rotatable bonds is 6. The molecule has 1 aliphatic rings. The predicted octanol–water partition coefficient (Wildman–Crippen LogP) is 2.13. The van der Waals surface area contributed by atoms with Crippen molar-refractivity contribution in [3.05, 3.63) is 59.4 Å². The monoisotopic (exact) mass is 370 g/mol. The van der Waals surface area contributed by atoms with Crippen molar-refractivity contribution in [2.75, 3.05) is 32.8 Å². The largest absolute Gasteiger partial charge is 0.379 e. The number of benzene rings is 1. The van der Waals surface area contributed by atoms with Gasteiger partial charge in [-0.2, -0.15) is 0 Å². The van der Waals surface area contributed by atoms with E-state index in [4.69, 9.17) is 4.74 Å². The summed E-state index contributed by atoms with van der Waals surface area (Å²) in [6, 6.07) is 10.5. The molecule has 1 fully saturated rings. The van der Waals surface area contributed by atoms with E-state index in [1.165, 1.54) is 5.56 Å². The Morgan fingerprint density at radius 1 is 1.27 bits per heavy atom. The number of carbonyl (C=O) groups excluding carboxylic acids is 1. The minimum absolute atomic E-state index is 0.00458. The molecule has 0 saturated carbocycles. The van der Waals surface area contributed by atoms with Crippen LogP contribution in [0.15, 0.2) is 48.1 Å². The van der Waals surface area contributed by atoms with E-state index in [0.717, 1.165) is 37.0 Å². The highest BCUT2D eigenvalue weighted by atomic mass is 32.1. The third kappa shape index (κ3) is 3.95. The molecule has 0 bridgehead atoms. The first kappa shape index (κ1) is 17.2. The van der Waals surface area contributed by atoms with Crippen LogP contribution in [-0.2, 0) is 16.0 Å². The van der Waals surface area contributed by atoms with Crippen molar-refractivity contribution >= 4 is 22.2 Å². The summed E-state index contributed by atoms with van der Waals surface area (Å²) in [6.07, 6.45) is 4.18. The number of aromatic nitrogens is 2. The van der Waals surface area contributed by atoms with Crippen LogP contribution in [0.4, 0.5) is 0 Å². The lowest BCUT2D eigenvalue weighted by atomic mass is 10.0. The zero-order valence-corrected chi connectivity index (χ0v) is 15.3. The van der Waals surface area contributed by atoms with Crippen LogP contribution in [-0.4, -0.2) is 53.0 Å². The molecule has 1 saturated heterocycles. The molecule has 4 rings (SSSR count). The second-order valence-electron chi connectivity index (χ2n) is 6.38. The van der Waals surface area contributed by atoms with Gasteiger partial charge >= 0.3 is 0 Å². The summed E-state index contributed by atoms with van der Waals surface area (Å²) in [4.78, 5) is 20.2. The highest BCUT2D eigenvalue weighted by molar-refractivity contribution is 7.15. The number of amides is 1. The van der Waals surface area contributed by atoms with Gasteiger partial charge in [-0.25, -0.2) is 4.98 Å². The molecule has 2 aromatic heterocycles. The molecular formula is C19H22N4O2S. The minimum Gasteiger partial charge on any atom is -0.379 e. The van der Waals surface area contributed by atoms with Crippen LogP contribution in [0, 0.1) is 0 Å². The second kappa shape index (κ2) is 7.99. The summed E-state index contributed by atoms with van der Waals surface area (Å²) < 4.78 is 7.43. The Kier molecular flexibility index (Phi) is 5.29. The average molecular weight is 370 g/mol. The SMILES string of the molecule is O=C(Cc1cn2ccsc2n1)NCC(c1ccccc1)N1CCOCC1. The maximum atomic E-state index is 12.4. The van der Waals surface area contributed by atoms with E-state index in [9.17, 15) is 4.79 Å². The number of imidazole rings is 1. The quantitative estimate of drug-likeness (QED) is 0.722. The lowest BCUT2D eigenvalue weighted by molar-refractivity contribution is -0.120. The van der Waals surface area contributed by atoms with Gasteiger partial charge < -0.3 is 10.1 Å². The summed E-state index contributed by atoms with van der Waals surface area (Å²) >= 11 is 1.57. The first-order valence-electron chi connectivity index (χ1n) is 8.84. The van der Waals surface area contributed by atoms with E-state index < -0.39 is 0 Å². The van der Waals surface area contributed by atoms with Gasteiger partial charge in [0.25, 0.3) is 0 Å². The van der Waals surface area contributed by atoms with Gasteiger partial charge in [-0.05, 0) is 5.56 Å². The van der Waals surface area contributed by atoms with Crippen molar-refractivity contribution in [1.29, 1.82) is 0 Å². The average Bonchev–Trinajstić information content (AvgIpc) is 3.25. The predicted molar refractivity (Wildman–Crippen MR) is 101 cm³/mol. The number of hydrogen-bond donors (Lipinski definition) is 1. The highest BCUT2D eigenvalue weighted by Crippen LogP contribution is 2.21. The van der Waals surface area contributed by atoms with Crippen molar-refractivity contribution in [2.24, 2.45) is 0 Å². The van der Waals surface area contributed by atoms with Crippen LogP contribution in [0.1, 0.15) is 17.3 Å². The van der Waals surface area contributed by atoms with Crippen molar-refractivity contribution < 1.29 is 9.53 Å². The fourth-order valence-corrected chi connectivity index (χ4v) is 4.04. The van der Waals surface area contributed by atoms with Crippen molar-refractivity contribution in [1.82, 2.24) is 19.6 Å². The Labute approximate surface area is 156 Å². The van der Waals surface area contributed by atoms with Crippen LogP contribution in [0.5, 0.6) is 0 Å². The highest BCUT2D eigenvalue weighted by Gasteiger charge is 2.23. The zero-order valence-electron chi connectivity index (χ0n) is 14.5. The van der Waals surface area contributed by atoms with Crippen LogP contribution in [0.25, 0.3) is 4.96 Å². The third-order valence-electron chi connectivity index (χ3n) is 4.65. The topological polar surface area (TPSA) is 58.9 Å². The standard InChI is InChI=1S/C19H22N4O2S/c24-18(12-16-14-23-8-11-26-19(23)21-16)20-13-17(15-4-2-1-3-5-15)22-6-9-25-10-7-22/h1-5,8,11,14,17H,6-7,9-10,12-13H2,(H,20,24). The second-order valence-corrected chi connectivity index (χ2v) is 7.25. The first-order chi connectivity index (χ1) is 12.8. The summed E-state index contributed by atoms with van der Waals surface area (Å²) in [5.41, 5.74) is 2.02. The van der Waals surface area contributed by atoms with E-state index in [0.29, 0.717) is 13.0 Å². The molecule has 3 heterocycles. The zero-order chi connectivity index (χ0) is 17.8. The molecule has 26 heavy (non-hydrogen) atoms.